The van der Waals surface area contributed by atoms with Gasteiger partial charge in [0.2, 0.25) is 5.91 Å². The van der Waals surface area contributed by atoms with Crippen molar-refractivity contribution in [1.82, 2.24) is 35.5 Å². The fourth-order valence-electron chi connectivity index (χ4n) is 3.63. The first-order chi connectivity index (χ1) is 16.8. The Morgan fingerprint density at radius 1 is 1.19 bits per heavy atom. The highest BCUT2D eigenvalue weighted by molar-refractivity contribution is 6.74. The van der Waals surface area contributed by atoms with E-state index >= 15 is 0 Å². The van der Waals surface area contributed by atoms with Crippen molar-refractivity contribution in [3.63, 3.8) is 0 Å². The molecule has 1 aliphatic heterocycles. The topological polar surface area (TPSA) is 161 Å². The summed E-state index contributed by atoms with van der Waals surface area (Å²) in [6.45, 7) is 10.3. The molecular formula is C21H33ClN8O5Si. The molecule has 1 aliphatic rings. The second-order valence-corrected chi connectivity index (χ2v) is 14.9. The first kappa shape index (κ1) is 27.8. The number of nitrogens with one attached hydrogen (secondary N) is 4. The fraction of sp³-hybridized carbons (Fsp3) is 0.619. The number of imidazole rings is 1. The highest BCUT2D eigenvalue weighted by atomic mass is 35.5. The molecule has 0 radical (unpaired) electrons. The zero-order chi connectivity index (χ0) is 26.8. The van der Waals surface area contributed by atoms with E-state index in [-0.39, 0.29) is 5.04 Å². The lowest BCUT2D eigenvalue weighted by atomic mass is 10.1. The molecule has 198 valence electrons. The lowest BCUT2D eigenvalue weighted by Crippen LogP contribution is -2.58. The molecule has 3 rings (SSSR count). The van der Waals surface area contributed by atoms with Crippen LogP contribution in [0.5, 0.6) is 0 Å². The van der Waals surface area contributed by atoms with Gasteiger partial charge >= 0.3 is 6.03 Å². The van der Waals surface area contributed by atoms with Crippen LogP contribution in [0.3, 0.4) is 0 Å². The number of carbonyl (C=O) groups excluding carboxylic acids is 3. The van der Waals surface area contributed by atoms with Crippen LogP contribution in [0.2, 0.25) is 18.1 Å². The average Bonchev–Trinajstić information content (AvgIpc) is 3.39. The number of likely N-dealkylation sites (N-methyl/N-ethyl adjacent to an activating group) is 1. The summed E-state index contributed by atoms with van der Waals surface area (Å²) in [7, 11) is 0.723. The number of imide groups is 1. The van der Waals surface area contributed by atoms with Crippen LogP contribution >= 0.6 is 11.6 Å². The second kappa shape index (κ2) is 10.7. The van der Waals surface area contributed by atoms with Crippen molar-refractivity contribution >= 4 is 54.7 Å². The molecule has 0 aromatic carbocycles. The third-order valence-electron chi connectivity index (χ3n) is 6.53. The largest absolute Gasteiger partial charge is 0.407 e. The number of urea groups is 1. The van der Waals surface area contributed by atoms with E-state index in [9.17, 15) is 14.4 Å². The quantitative estimate of drug-likeness (QED) is 0.300. The van der Waals surface area contributed by atoms with Gasteiger partial charge in [-0.05, 0) is 18.1 Å². The molecule has 4 atom stereocenters. The number of ether oxygens (including phenoxy) is 1. The summed E-state index contributed by atoms with van der Waals surface area (Å²) in [4.78, 5) is 50.2. The Kier molecular flexibility index (Phi) is 8.22. The number of hydrogen-bond acceptors (Lipinski definition) is 9. The third-order valence-corrected chi connectivity index (χ3v) is 11.2. The minimum atomic E-state index is -2.47. The van der Waals surface area contributed by atoms with Crippen LogP contribution < -0.4 is 21.3 Å². The Labute approximate surface area is 215 Å². The fourth-order valence-corrected chi connectivity index (χ4v) is 4.99. The highest BCUT2D eigenvalue weighted by Crippen LogP contribution is 2.42. The maximum absolute atomic E-state index is 12.9. The highest BCUT2D eigenvalue weighted by Gasteiger charge is 2.54. The van der Waals surface area contributed by atoms with Gasteiger partial charge in [0, 0.05) is 14.1 Å². The van der Waals surface area contributed by atoms with Crippen LogP contribution in [-0.4, -0.2) is 83.9 Å². The second-order valence-electron chi connectivity index (χ2n) is 9.88. The number of aromatic nitrogens is 4. The van der Waals surface area contributed by atoms with Gasteiger partial charge in [-0.15, -0.1) is 11.6 Å². The van der Waals surface area contributed by atoms with Gasteiger partial charge in [-0.1, -0.05) is 20.8 Å². The summed E-state index contributed by atoms with van der Waals surface area (Å²) in [6, 6.07) is -1.77. The van der Waals surface area contributed by atoms with Gasteiger partial charge in [-0.3, -0.25) is 19.5 Å². The molecule has 1 saturated heterocycles. The minimum Gasteiger partial charge on any atom is -0.407 e. The summed E-state index contributed by atoms with van der Waals surface area (Å²) in [5, 5.41) is 10.2. The van der Waals surface area contributed by atoms with Gasteiger partial charge in [0.05, 0.1) is 12.4 Å². The van der Waals surface area contributed by atoms with Gasteiger partial charge in [-0.25, -0.2) is 19.7 Å². The van der Waals surface area contributed by atoms with Crippen LogP contribution in [0.15, 0.2) is 12.7 Å². The summed E-state index contributed by atoms with van der Waals surface area (Å²) < 4.78 is 14.6. The molecule has 4 amide bonds. The Balaban J connectivity index is 2.11. The predicted octanol–water partition coefficient (Wildman–Crippen LogP) is 1.34. The van der Waals surface area contributed by atoms with E-state index in [2.05, 4.69) is 70.1 Å². The zero-order valence-electron chi connectivity index (χ0n) is 21.4. The number of anilines is 1. The van der Waals surface area contributed by atoms with Crippen LogP contribution in [0.25, 0.3) is 11.2 Å². The first-order valence-corrected chi connectivity index (χ1v) is 14.8. The monoisotopic (exact) mass is 540 g/mol. The summed E-state index contributed by atoms with van der Waals surface area (Å²) in [5.74, 6) is -1.02. The van der Waals surface area contributed by atoms with Crippen molar-refractivity contribution in [3.05, 3.63) is 12.7 Å². The number of amides is 4. The van der Waals surface area contributed by atoms with Gasteiger partial charge in [0.25, 0.3) is 5.91 Å². The van der Waals surface area contributed by atoms with E-state index in [0.717, 1.165) is 0 Å². The smallest absolute Gasteiger partial charge is 0.321 e. The van der Waals surface area contributed by atoms with Gasteiger partial charge in [-0.2, -0.15) is 0 Å². The number of nitrogens with zero attached hydrogens (tertiary/aromatic N) is 4. The van der Waals surface area contributed by atoms with Gasteiger partial charge in [0.1, 0.15) is 23.8 Å². The van der Waals surface area contributed by atoms with Crippen molar-refractivity contribution < 1.29 is 23.5 Å². The molecule has 0 aliphatic carbocycles. The molecule has 4 N–H and O–H groups in total. The maximum atomic E-state index is 12.9. The average molecular weight is 541 g/mol. The van der Waals surface area contributed by atoms with Crippen molar-refractivity contribution in [2.45, 2.75) is 63.4 Å². The van der Waals surface area contributed by atoms with Crippen LogP contribution in [0.1, 0.15) is 27.0 Å². The molecule has 0 unspecified atom stereocenters. The molecule has 13 nitrogen and oxygen atoms in total. The van der Waals surface area contributed by atoms with Crippen molar-refractivity contribution in [1.29, 1.82) is 0 Å². The molecule has 0 bridgehead atoms. The predicted molar refractivity (Wildman–Crippen MR) is 136 cm³/mol. The van der Waals surface area contributed by atoms with E-state index in [4.69, 9.17) is 20.8 Å². The third kappa shape index (κ3) is 5.45. The summed E-state index contributed by atoms with van der Waals surface area (Å²) in [6.07, 6.45) is 0.0975. The number of rotatable bonds is 7. The molecule has 15 heteroatoms. The molecule has 1 fully saturated rings. The number of fused-ring (bicyclic) bond motifs is 1. The van der Waals surface area contributed by atoms with Crippen LogP contribution in [-0.2, 0) is 18.8 Å². The van der Waals surface area contributed by atoms with Gasteiger partial charge < -0.3 is 25.1 Å². The van der Waals surface area contributed by atoms with Crippen molar-refractivity contribution in [2.75, 3.05) is 25.3 Å². The lowest BCUT2D eigenvalue weighted by Gasteiger charge is -2.40. The molecule has 3 heterocycles. The van der Waals surface area contributed by atoms with Crippen LogP contribution in [0.4, 0.5) is 10.6 Å². The normalized spacial score (nSPS) is 22.3. The molecular weight excluding hydrogens is 508 g/mol. The minimum absolute atomic E-state index is 0.192. The Bertz CT molecular complexity index is 1140. The van der Waals surface area contributed by atoms with E-state index in [1.165, 1.54) is 19.7 Å². The van der Waals surface area contributed by atoms with Crippen LogP contribution in [0, 0.1) is 0 Å². The Morgan fingerprint density at radius 3 is 2.47 bits per heavy atom. The number of hydrogen-bond donors (Lipinski definition) is 4. The van der Waals surface area contributed by atoms with E-state index < -0.39 is 56.5 Å². The molecule has 2 aromatic heterocycles. The molecule has 0 spiro atoms. The zero-order valence-corrected chi connectivity index (χ0v) is 23.1. The number of halogens is 1. The molecule has 0 saturated carbocycles. The molecule has 36 heavy (non-hydrogen) atoms. The van der Waals surface area contributed by atoms with Crippen molar-refractivity contribution in [2.24, 2.45) is 0 Å². The van der Waals surface area contributed by atoms with Crippen molar-refractivity contribution in [3.8, 4) is 0 Å². The van der Waals surface area contributed by atoms with E-state index in [1.54, 1.807) is 11.6 Å². The van der Waals surface area contributed by atoms with E-state index in [0.29, 0.717) is 17.0 Å². The standard InChI is InChI=1S/C21H33ClN8O5Si/c1-21(2,3)36(6,7)35-15-12(29-20(33)28-11(31)8-22)14(18(32)24-5)34-19(15)30-10-27-13-16(23-4)25-9-26-17(13)30/h9-10,12,14-15,19H,8H2,1-7H3,(H,24,32)(H,23,25,26)(H2,28,29,31,33)/t12-,14+,15-,19-/m1/s1. The van der Waals surface area contributed by atoms with Gasteiger partial charge in [0.15, 0.2) is 32.1 Å². The maximum Gasteiger partial charge on any atom is 0.321 e. The Hall–Kier alpha value is -2.81. The number of carbonyl (C=O) groups is 3. The summed E-state index contributed by atoms with van der Waals surface area (Å²) >= 11 is 5.52. The number of alkyl halides is 1. The van der Waals surface area contributed by atoms with E-state index in [1.807, 2.05) is 0 Å². The lowest BCUT2D eigenvalue weighted by molar-refractivity contribution is -0.134. The summed E-state index contributed by atoms with van der Waals surface area (Å²) in [5.41, 5.74) is 0.967. The molecule has 2 aromatic rings. The SMILES string of the molecule is CNC(=O)[C@H]1O[C@@H](n2cnc3c(NC)ncnc32)[C@H](O[Si](C)(C)C(C)(C)C)[C@@H]1NC(=O)NC(=O)CCl. The first-order valence-electron chi connectivity index (χ1n) is 11.4. The Morgan fingerprint density at radius 2 is 1.89 bits per heavy atom.